The molecular formula is C26H22F4N2O3. The molecule has 0 aromatic heterocycles. The lowest BCUT2D eigenvalue weighted by molar-refractivity contribution is -0.137. The maximum atomic E-state index is 13.7. The van der Waals surface area contributed by atoms with Gasteiger partial charge in [-0.1, -0.05) is 30.3 Å². The van der Waals surface area contributed by atoms with Crippen molar-refractivity contribution in [3.63, 3.8) is 0 Å². The summed E-state index contributed by atoms with van der Waals surface area (Å²) in [5.41, 5.74) is 0.704. The molecule has 9 heteroatoms. The smallest absolute Gasteiger partial charge is 0.383 e. The molecule has 3 aromatic rings. The Bertz CT molecular complexity index is 1210. The molecule has 1 heterocycles. The minimum absolute atomic E-state index is 0.176. The lowest BCUT2D eigenvalue weighted by Gasteiger charge is -2.41. The Hall–Kier alpha value is -3.72. The van der Waals surface area contributed by atoms with E-state index in [-0.39, 0.29) is 24.7 Å². The molecule has 1 N–H and O–H groups in total. The number of halogens is 4. The first-order chi connectivity index (χ1) is 16.7. The number of hydrogen-bond donors (Lipinski definition) is 1. The Morgan fingerprint density at radius 1 is 1.00 bits per heavy atom. The van der Waals surface area contributed by atoms with E-state index >= 15 is 0 Å². The van der Waals surface area contributed by atoms with Crippen LogP contribution in [-0.2, 0) is 15.7 Å². The number of nitrogens with zero attached hydrogens (tertiary/aromatic N) is 1. The largest absolute Gasteiger partial charge is 0.416 e. The average Bonchev–Trinajstić information content (AvgIpc) is 2.83. The molecule has 1 aliphatic rings. The van der Waals surface area contributed by atoms with E-state index in [2.05, 4.69) is 5.32 Å². The number of methoxy groups -OCH3 is 1. The lowest BCUT2D eigenvalue weighted by Crippen LogP contribution is -2.47. The number of ether oxygens (including phenoxy) is 1. The molecule has 35 heavy (non-hydrogen) atoms. The van der Waals surface area contributed by atoms with Crippen LogP contribution >= 0.6 is 0 Å². The number of nitrogens with one attached hydrogen (secondary N) is 1. The Morgan fingerprint density at radius 2 is 1.66 bits per heavy atom. The van der Waals surface area contributed by atoms with E-state index in [1.165, 1.54) is 48.4 Å². The van der Waals surface area contributed by atoms with E-state index in [4.69, 9.17) is 4.74 Å². The number of benzene rings is 3. The molecule has 0 saturated carbocycles. The second-order valence-electron chi connectivity index (χ2n) is 8.12. The van der Waals surface area contributed by atoms with Crippen molar-refractivity contribution < 1.29 is 31.9 Å². The van der Waals surface area contributed by atoms with Crippen molar-refractivity contribution in [3.8, 4) is 0 Å². The fraction of sp³-hybridized carbons (Fsp3) is 0.231. The molecular weight excluding hydrogens is 464 g/mol. The highest BCUT2D eigenvalue weighted by atomic mass is 19.4. The molecule has 3 aromatic carbocycles. The van der Waals surface area contributed by atoms with Gasteiger partial charge in [0.1, 0.15) is 5.82 Å². The number of anilines is 1. The minimum atomic E-state index is -4.50. The monoisotopic (exact) mass is 486 g/mol. The summed E-state index contributed by atoms with van der Waals surface area (Å²) < 4.78 is 57.6. The van der Waals surface area contributed by atoms with Crippen molar-refractivity contribution in [2.75, 3.05) is 25.6 Å². The van der Waals surface area contributed by atoms with Crippen LogP contribution in [0, 0.1) is 5.82 Å². The summed E-state index contributed by atoms with van der Waals surface area (Å²) in [5.74, 6) is -2.19. The zero-order valence-corrected chi connectivity index (χ0v) is 18.7. The zero-order valence-electron chi connectivity index (χ0n) is 18.7. The Labute approximate surface area is 199 Å². The first kappa shape index (κ1) is 24.4. The SMILES string of the molecule is COCCN1C(=O)c2ccccc2[C@H](C(=O)Nc2ccc(C(F)(F)F)cc2)[C@@H]1c1ccc(F)cc1. The summed E-state index contributed by atoms with van der Waals surface area (Å²) in [4.78, 5) is 28.5. The van der Waals surface area contributed by atoms with Crippen LogP contribution in [0.3, 0.4) is 0 Å². The Kier molecular flexibility index (Phi) is 6.88. The first-order valence-corrected chi connectivity index (χ1v) is 10.8. The summed E-state index contributed by atoms with van der Waals surface area (Å²) in [5, 5.41) is 2.68. The highest BCUT2D eigenvalue weighted by Gasteiger charge is 2.44. The van der Waals surface area contributed by atoms with Crippen molar-refractivity contribution >= 4 is 17.5 Å². The predicted octanol–water partition coefficient (Wildman–Crippen LogP) is 5.41. The van der Waals surface area contributed by atoms with Crippen LogP contribution in [0.15, 0.2) is 72.8 Å². The molecule has 0 spiro atoms. The van der Waals surface area contributed by atoms with E-state index in [1.807, 2.05) is 0 Å². The zero-order chi connectivity index (χ0) is 25.2. The Balaban J connectivity index is 1.77. The van der Waals surface area contributed by atoms with Gasteiger partial charge < -0.3 is 15.0 Å². The molecule has 0 fully saturated rings. The summed E-state index contributed by atoms with van der Waals surface area (Å²) >= 11 is 0. The van der Waals surface area contributed by atoms with Gasteiger partial charge in [-0.05, 0) is 53.6 Å². The van der Waals surface area contributed by atoms with Gasteiger partial charge in [0.25, 0.3) is 5.91 Å². The quantitative estimate of drug-likeness (QED) is 0.474. The number of amides is 2. The van der Waals surface area contributed by atoms with Gasteiger partial charge in [0.05, 0.1) is 24.1 Å². The molecule has 4 rings (SSSR count). The van der Waals surface area contributed by atoms with Gasteiger partial charge in [0.2, 0.25) is 5.91 Å². The van der Waals surface area contributed by atoms with Crippen LogP contribution in [0.1, 0.15) is 39.0 Å². The fourth-order valence-corrected chi connectivity index (χ4v) is 4.30. The summed E-state index contributed by atoms with van der Waals surface area (Å²) in [6.45, 7) is 0.384. The van der Waals surface area contributed by atoms with Crippen molar-refractivity contribution in [1.29, 1.82) is 0 Å². The van der Waals surface area contributed by atoms with Crippen LogP contribution < -0.4 is 5.32 Å². The highest BCUT2D eigenvalue weighted by molar-refractivity contribution is 6.04. The number of alkyl halides is 3. The molecule has 0 saturated heterocycles. The molecule has 182 valence electrons. The minimum Gasteiger partial charge on any atom is -0.383 e. The lowest BCUT2D eigenvalue weighted by atomic mass is 9.79. The molecule has 1 aliphatic heterocycles. The predicted molar refractivity (Wildman–Crippen MR) is 121 cm³/mol. The van der Waals surface area contributed by atoms with Crippen LogP contribution in [-0.4, -0.2) is 37.0 Å². The molecule has 0 aliphatic carbocycles. The highest BCUT2D eigenvalue weighted by Crippen LogP contribution is 2.43. The van der Waals surface area contributed by atoms with Gasteiger partial charge in [-0.2, -0.15) is 13.2 Å². The number of fused-ring (bicyclic) bond motifs is 1. The summed E-state index contributed by atoms with van der Waals surface area (Å²) in [6, 6.07) is 15.6. The van der Waals surface area contributed by atoms with E-state index in [0.717, 1.165) is 12.1 Å². The molecule has 2 atom stereocenters. The third-order valence-electron chi connectivity index (χ3n) is 5.95. The van der Waals surface area contributed by atoms with E-state index in [1.54, 1.807) is 24.3 Å². The van der Waals surface area contributed by atoms with Crippen molar-refractivity contribution in [2.45, 2.75) is 18.1 Å². The number of carbonyl (C=O) groups is 2. The first-order valence-electron chi connectivity index (χ1n) is 10.8. The van der Waals surface area contributed by atoms with Crippen molar-refractivity contribution in [2.24, 2.45) is 0 Å². The Morgan fingerprint density at radius 3 is 2.29 bits per heavy atom. The van der Waals surface area contributed by atoms with E-state index in [0.29, 0.717) is 16.7 Å². The van der Waals surface area contributed by atoms with E-state index in [9.17, 15) is 27.2 Å². The molecule has 0 unspecified atom stereocenters. The van der Waals surface area contributed by atoms with Gasteiger partial charge in [-0.3, -0.25) is 9.59 Å². The van der Waals surface area contributed by atoms with Gasteiger partial charge in [0.15, 0.2) is 0 Å². The van der Waals surface area contributed by atoms with Crippen LogP contribution in [0.5, 0.6) is 0 Å². The molecule has 0 bridgehead atoms. The van der Waals surface area contributed by atoms with E-state index < -0.39 is 35.4 Å². The topological polar surface area (TPSA) is 58.6 Å². The van der Waals surface area contributed by atoms with Gasteiger partial charge in [-0.15, -0.1) is 0 Å². The normalized spacial score (nSPS) is 17.7. The van der Waals surface area contributed by atoms with Gasteiger partial charge in [0, 0.05) is 24.9 Å². The number of carbonyl (C=O) groups excluding carboxylic acids is 2. The molecule has 5 nitrogen and oxygen atoms in total. The van der Waals surface area contributed by atoms with Crippen LogP contribution in [0.2, 0.25) is 0 Å². The maximum Gasteiger partial charge on any atom is 0.416 e. The third kappa shape index (κ3) is 5.05. The van der Waals surface area contributed by atoms with Gasteiger partial charge in [-0.25, -0.2) is 4.39 Å². The average molecular weight is 486 g/mol. The standard InChI is InChI=1S/C26H22F4N2O3/c1-35-15-14-32-23(16-6-10-18(27)11-7-16)22(20-4-2-3-5-21(20)25(32)34)24(33)31-19-12-8-17(9-13-19)26(28,29)30/h2-13,22-23H,14-15H2,1H3,(H,31,33)/t22-,23-/m0/s1. The second-order valence-corrected chi connectivity index (χ2v) is 8.12. The molecule has 2 amide bonds. The van der Waals surface area contributed by atoms with Gasteiger partial charge >= 0.3 is 6.18 Å². The third-order valence-corrected chi connectivity index (χ3v) is 5.95. The number of hydrogen-bond acceptors (Lipinski definition) is 3. The number of rotatable bonds is 6. The maximum absolute atomic E-state index is 13.7. The molecule has 0 radical (unpaired) electrons. The second kappa shape index (κ2) is 9.87. The van der Waals surface area contributed by atoms with Crippen molar-refractivity contribution in [3.05, 3.63) is 101 Å². The van der Waals surface area contributed by atoms with Crippen molar-refractivity contribution in [1.82, 2.24) is 4.90 Å². The van der Waals surface area contributed by atoms with Crippen LogP contribution in [0.4, 0.5) is 23.2 Å². The summed E-state index contributed by atoms with van der Waals surface area (Å²) in [7, 11) is 1.49. The summed E-state index contributed by atoms with van der Waals surface area (Å²) in [6.07, 6.45) is -4.50. The fourth-order valence-electron chi connectivity index (χ4n) is 4.30. The van der Waals surface area contributed by atoms with Crippen LogP contribution in [0.25, 0.3) is 0 Å².